The normalized spacial score (nSPS) is 33.5. The van der Waals surface area contributed by atoms with Gasteiger partial charge in [-0.25, -0.2) is 4.79 Å². The van der Waals surface area contributed by atoms with E-state index in [1.54, 1.807) is 0 Å². The summed E-state index contributed by atoms with van der Waals surface area (Å²) in [4.78, 5) is 25.7. The highest BCUT2D eigenvalue weighted by molar-refractivity contribution is 5.83. The van der Waals surface area contributed by atoms with E-state index >= 15 is 0 Å². The maximum absolute atomic E-state index is 12.3. The molecule has 0 aromatic carbocycles. The molecule has 1 saturated carbocycles. The molecule has 6 nitrogen and oxygen atoms in total. The van der Waals surface area contributed by atoms with Gasteiger partial charge in [-0.1, -0.05) is 0 Å². The minimum absolute atomic E-state index is 0.320. The number of ether oxygens (including phenoxy) is 1. The molecule has 136 valence electrons. The Hall–Kier alpha value is -1.35. The fourth-order valence-electron chi connectivity index (χ4n) is 4.15. The van der Waals surface area contributed by atoms with E-state index in [1.807, 2.05) is 0 Å². The van der Waals surface area contributed by atoms with E-state index in [0.29, 0.717) is 29.1 Å². The number of aliphatic carboxylic acids is 1. The average Bonchev–Trinajstić information content (AvgIpc) is 2.81. The number of carboxylic acid groups (broad SMARTS) is 1. The first-order valence-electron chi connectivity index (χ1n) is 7.98. The van der Waals surface area contributed by atoms with Gasteiger partial charge >= 0.3 is 12.1 Å². The molecule has 1 amide bonds. The molecule has 24 heavy (non-hydrogen) atoms. The van der Waals surface area contributed by atoms with Crippen LogP contribution in [0.15, 0.2) is 0 Å². The van der Waals surface area contributed by atoms with Crippen molar-refractivity contribution in [3.8, 4) is 0 Å². The molecule has 1 spiro atoms. The zero-order valence-electron chi connectivity index (χ0n) is 13.4. The Morgan fingerprint density at radius 3 is 2.12 bits per heavy atom. The van der Waals surface area contributed by atoms with Gasteiger partial charge in [0, 0.05) is 31.0 Å². The molecule has 9 heteroatoms. The van der Waals surface area contributed by atoms with Crippen molar-refractivity contribution >= 4 is 11.9 Å². The first-order valence-corrected chi connectivity index (χ1v) is 7.98. The molecular formula is C15H21F3N2O4. The molecule has 0 bridgehead atoms. The summed E-state index contributed by atoms with van der Waals surface area (Å²) in [6.07, 6.45) is -3.81. The van der Waals surface area contributed by atoms with E-state index < -0.39 is 12.1 Å². The molecule has 3 saturated heterocycles. The lowest BCUT2D eigenvalue weighted by Gasteiger charge is -2.48. The van der Waals surface area contributed by atoms with Crippen molar-refractivity contribution in [3.05, 3.63) is 0 Å². The molecule has 0 aromatic rings. The van der Waals surface area contributed by atoms with Gasteiger partial charge in [-0.15, -0.1) is 0 Å². The summed E-state index contributed by atoms with van der Waals surface area (Å²) in [5, 5.41) is 7.12. The first-order chi connectivity index (χ1) is 11.1. The fraction of sp³-hybridized carbons (Fsp3) is 0.867. The maximum atomic E-state index is 12.3. The standard InChI is InChI=1S/C13H20N2O2.C2HF3O2/c1-14-3-2-13(6-14)7-15(8-13)12(16)11-9-4-17-5-10(9)11;3-2(4,5)1(6)7/h9-11H,2-8H2,1H3;(H,6,7)/t9-,10+,11?;. The molecule has 0 radical (unpaired) electrons. The van der Waals surface area contributed by atoms with Gasteiger partial charge in [0.1, 0.15) is 0 Å². The molecule has 1 N–H and O–H groups in total. The number of hydrogen-bond acceptors (Lipinski definition) is 4. The number of carboxylic acids is 1. The third-order valence-electron chi connectivity index (χ3n) is 5.47. The summed E-state index contributed by atoms with van der Waals surface area (Å²) < 4.78 is 37.1. The minimum Gasteiger partial charge on any atom is -0.475 e. The van der Waals surface area contributed by atoms with E-state index in [0.717, 1.165) is 26.3 Å². The largest absolute Gasteiger partial charge is 0.490 e. The van der Waals surface area contributed by atoms with E-state index in [2.05, 4.69) is 16.8 Å². The molecule has 1 aliphatic carbocycles. The topological polar surface area (TPSA) is 70.1 Å². The smallest absolute Gasteiger partial charge is 0.475 e. The maximum Gasteiger partial charge on any atom is 0.490 e. The highest BCUT2D eigenvalue weighted by Crippen LogP contribution is 2.53. The van der Waals surface area contributed by atoms with E-state index in [4.69, 9.17) is 14.6 Å². The quantitative estimate of drug-likeness (QED) is 0.753. The highest BCUT2D eigenvalue weighted by atomic mass is 19.4. The van der Waals surface area contributed by atoms with Crippen molar-refractivity contribution < 1.29 is 32.6 Å². The second kappa shape index (κ2) is 5.87. The lowest BCUT2D eigenvalue weighted by Crippen LogP contribution is -2.60. The number of nitrogens with zero attached hydrogens (tertiary/aromatic N) is 2. The molecule has 4 aliphatic rings. The van der Waals surface area contributed by atoms with Crippen molar-refractivity contribution in [1.82, 2.24) is 9.80 Å². The predicted molar refractivity (Wildman–Crippen MR) is 76.1 cm³/mol. The van der Waals surface area contributed by atoms with Crippen LogP contribution >= 0.6 is 0 Å². The minimum atomic E-state index is -5.08. The van der Waals surface area contributed by atoms with Crippen LogP contribution in [0.2, 0.25) is 0 Å². The van der Waals surface area contributed by atoms with Crippen LogP contribution in [0.4, 0.5) is 13.2 Å². The monoisotopic (exact) mass is 350 g/mol. The molecule has 0 aromatic heterocycles. The third-order valence-corrected chi connectivity index (χ3v) is 5.47. The Balaban J connectivity index is 0.000000209. The van der Waals surface area contributed by atoms with E-state index in [-0.39, 0.29) is 0 Å². The number of rotatable bonds is 1. The van der Waals surface area contributed by atoms with Crippen LogP contribution in [0.1, 0.15) is 6.42 Å². The molecule has 4 rings (SSSR count). The van der Waals surface area contributed by atoms with Crippen LogP contribution in [0.3, 0.4) is 0 Å². The van der Waals surface area contributed by atoms with Crippen molar-refractivity contribution in [2.45, 2.75) is 12.6 Å². The van der Waals surface area contributed by atoms with E-state index in [9.17, 15) is 18.0 Å². The summed E-state index contributed by atoms with van der Waals surface area (Å²) in [5.74, 6) is -0.896. The summed E-state index contributed by atoms with van der Waals surface area (Å²) >= 11 is 0. The first kappa shape index (κ1) is 17.5. The molecule has 3 heterocycles. The predicted octanol–water partition coefficient (Wildman–Crippen LogP) is 0.676. The Labute approximate surface area is 137 Å². The van der Waals surface area contributed by atoms with Gasteiger partial charge in [0.05, 0.1) is 13.2 Å². The number of hydrogen-bond donors (Lipinski definition) is 1. The van der Waals surface area contributed by atoms with Crippen LogP contribution < -0.4 is 0 Å². The van der Waals surface area contributed by atoms with Gasteiger partial charge in [0.2, 0.25) is 5.91 Å². The molecule has 4 fully saturated rings. The Bertz CT molecular complexity index is 523. The number of likely N-dealkylation sites (tertiary alicyclic amines) is 2. The van der Waals surface area contributed by atoms with Crippen molar-refractivity contribution in [2.24, 2.45) is 23.2 Å². The van der Waals surface area contributed by atoms with Crippen LogP contribution in [0.5, 0.6) is 0 Å². The number of fused-ring (bicyclic) bond motifs is 1. The lowest BCUT2D eigenvalue weighted by molar-refractivity contribution is -0.192. The number of alkyl halides is 3. The zero-order valence-corrected chi connectivity index (χ0v) is 13.4. The third kappa shape index (κ3) is 3.23. The van der Waals surface area contributed by atoms with Crippen LogP contribution in [0.25, 0.3) is 0 Å². The second-order valence-electron chi connectivity index (χ2n) is 7.38. The van der Waals surface area contributed by atoms with Gasteiger partial charge < -0.3 is 19.6 Å². The van der Waals surface area contributed by atoms with Gasteiger partial charge in [0.15, 0.2) is 0 Å². The number of carbonyl (C=O) groups excluding carboxylic acids is 1. The molecule has 3 atom stereocenters. The molecule has 3 aliphatic heterocycles. The zero-order chi connectivity index (χ0) is 17.7. The number of halogens is 3. The van der Waals surface area contributed by atoms with Gasteiger partial charge in [-0.2, -0.15) is 13.2 Å². The SMILES string of the molecule is CN1CCC2(C1)CN(C(=O)C1[C@H]3COC[C@@H]13)C2.O=C(O)C(F)(F)F. The van der Waals surface area contributed by atoms with Crippen molar-refractivity contribution in [3.63, 3.8) is 0 Å². The molecule has 1 unspecified atom stereocenters. The van der Waals surface area contributed by atoms with Crippen LogP contribution in [-0.4, -0.2) is 79.4 Å². The fourth-order valence-corrected chi connectivity index (χ4v) is 4.15. The Morgan fingerprint density at radius 2 is 1.71 bits per heavy atom. The van der Waals surface area contributed by atoms with Crippen LogP contribution in [0, 0.1) is 23.2 Å². The number of carbonyl (C=O) groups is 2. The summed E-state index contributed by atoms with van der Waals surface area (Å²) in [6.45, 7) is 6.04. The van der Waals surface area contributed by atoms with Gasteiger partial charge in [-0.05, 0) is 31.8 Å². The highest BCUT2D eigenvalue weighted by Gasteiger charge is 2.61. The number of amides is 1. The lowest BCUT2D eigenvalue weighted by atomic mass is 9.79. The van der Waals surface area contributed by atoms with Gasteiger partial charge in [0.25, 0.3) is 0 Å². The summed E-state index contributed by atoms with van der Waals surface area (Å²) in [5.41, 5.74) is 0.449. The molecular weight excluding hydrogens is 329 g/mol. The summed E-state index contributed by atoms with van der Waals surface area (Å²) in [6, 6.07) is 0. The Morgan fingerprint density at radius 1 is 1.17 bits per heavy atom. The Kier molecular flexibility index (Phi) is 4.28. The van der Waals surface area contributed by atoms with E-state index in [1.165, 1.54) is 19.5 Å². The average molecular weight is 350 g/mol. The summed E-state index contributed by atoms with van der Waals surface area (Å²) in [7, 11) is 2.18. The van der Waals surface area contributed by atoms with Crippen LogP contribution in [-0.2, 0) is 14.3 Å². The van der Waals surface area contributed by atoms with Crippen molar-refractivity contribution in [2.75, 3.05) is 46.4 Å². The second-order valence-corrected chi connectivity index (χ2v) is 7.38. The van der Waals surface area contributed by atoms with Gasteiger partial charge in [-0.3, -0.25) is 4.79 Å². The van der Waals surface area contributed by atoms with Crippen molar-refractivity contribution in [1.29, 1.82) is 0 Å².